The first kappa shape index (κ1) is 15.8. The van der Waals surface area contributed by atoms with Crippen LogP contribution in [0.15, 0.2) is 0 Å². The van der Waals surface area contributed by atoms with Crippen LogP contribution in [0.25, 0.3) is 0 Å². The third-order valence-electron chi connectivity index (χ3n) is 5.16. The molecule has 2 atom stereocenters. The van der Waals surface area contributed by atoms with Crippen molar-refractivity contribution in [2.24, 2.45) is 17.8 Å². The minimum Gasteiger partial charge on any atom is -0.343 e. The maximum atomic E-state index is 12.4. The summed E-state index contributed by atoms with van der Waals surface area (Å²) in [6.07, 6.45) is 8.39. The van der Waals surface area contributed by atoms with E-state index in [4.69, 9.17) is 0 Å². The molecule has 1 saturated carbocycles. The molecule has 0 aromatic heterocycles. The van der Waals surface area contributed by atoms with Crippen LogP contribution < -0.4 is 5.32 Å². The quantitative estimate of drug-likeness (QED) is 0.839. The Bertz CT molecular complexity index is 297. The molecule has 2 fully saturated rings. The number of carbonyl (C=O) groups is 1. The number of nitrogens with one attached hydrogen (secondary N) is 1. The van der Waals surface area contributed by atoms with E-state index in [9.17, 15) is 4.79 Å². The zero-order chi connectivity index (χ0) is 14.4. The summed E-state index contributed by atoms with van der Waals surface area (Å²) in [6.45, 7) is 8.64. The van der Waals surface area contributed by atoms with Crippen molar-refractivity contribution in [1.82, 2.24) is 10.2 Å². The van der Waals surface area contributed by atoms with E-state index >= 15 is 0 Å². The normalized spacial score (nSPS) is 28.6. The van der Waals surface area contributed by atoms with E-state index in [1.54, 1.807) is 0 Å². The molecule has 1 aliphatic carbocycles. The summed E-state index contributed by atoms with van der Waals surface area (Å²) in [6, 6.07) is 0. The van der Waals surface area contributed by atoms with Crippen LogP contribution in [0.2, 0.25) is 0 Å². The van der Waals surface area contributed by atoms with Crippen LogP contribution in [0.1, 0.15) is 58.8 Å². The second kappa shape index (κ2) is 8.02. The average molecular weight is 280 g/mol. The topological polar surface area (TPSA) is 32.3 Å². The molecule has 2 aliphatic rings. The number of nitrogens with zero attached hydrogens (tertiary/aromatic N) is 1. The van der Waals surface area contributed by atoms with Gasteiger partial charge in [0.2, 0.25) is 5.91 Å². The first-order valence-electron chi connectivity index (χ1n) is 8.67. The number of hydrogen-bond donors (Lipinski definition) is 1. The standard InChI is InChI=1S/C17H32N2O/c1-3-18-13-15-7-9-19(10-8-15)17(20)12-16-6-4-5-14(2)11-16/h14-16,18H,3-13H2,1-2H3. The van der Waals surface area contributed by atoms with E-state index in [2.05, 4.69) is 24.1 Å². The van der Waals surface area contributed by atoms with Gasteiger partial charge in [0.05, 0.1) is 0 Å². The number of carbonyl (C=O) groups excluding carboxylic acids is 1. The molecule has 20 heavy (non-hydrogen) atoms. The van der Waals surface area contributed by atoms with Crippen molar-refractivity contribution in [2.75, 3.05) is 26.2 Å². The van der Waals surface area contributed by atoms with E-state index in [0.717, 1.165) is 44.4 Å². The summed E-state index contributed by atoms with van der Waals surface area (Å²) < 4.78 is 0. The van der Waals surface area contributed by atoms with Crippen LogP contribution in [0.3, 0.4) is 0 Å². The molecule has 0 aromatic rings. The Morgan fingerprint density at radius 2 is 1.90 bits per heavy atom. The SMILES string of the molecule is CCNCC1CCN(C(=O)CC2CCCC(C)C2)CC1. The number of hydrogen-bond acceptors (Lipinski definition) is 2. The van der Waals surface area contributed by atoms with E-state index in [1.807, 2.05) is 0 Å². The molecule has 1 heterocycles. The van der Waals surface area contributed by atoms with Crippen LogP contribution in [0, 0.1) is 17.8 Å². The molecule has 1 saturated heterocycles. The highest BCUT2D eigenvalue weighted by Gasteiger charge is 2.26. The fourth-order valence-electron chi connectivity index (χ4n) is 3.86. The van der Waals surface area contributed by atoms with Gasteiger partial charge in [-0.05, 0) is 56.5 Å². The van der Waals surface area contributed by atoms with Crippen LogP contribution in [-0.2, 0) is 4.79 Å². The summed E-state index contributed by atoms with van der Waals surface area (Å²) in [7, 11) is 0. The Morgan fingerprint density at radius 3 is 2.55 bits per heavy atom. The van der Waals surface area contributed by atoms with Gasteiger partial charge in [-0.15, -0.1) is 0 Å². The zero-order valence-corrected chi connectivity index (χ0v) is 13.4. The molecule has 0 aromatic carbocycles. The van der Waals surface area contributed by atoms with Gasteiger partial charge in [-0.25, -0.2) is 0 Å². The Labute approximate surface area is 124 Å². The lowest BCUT2D eigenvalue weighted by molar-refractivity contribution is -0.133. The molecule has 0 radical (unpaired) electrons. The number of piperidine rings is 1. The number of amides is 1. The number of likely N-dealkylation sites (tertiary alicyclic amines) is 1. The molecular formula is C17H32N2O. The minimum absolute atomic E-state index is 0.422. The molecule has 3 heteroatoms. The van der Waals surface area contributed by atoms with Gasteiger partial charge < -0.3 is 10.2 Å². The first-order valence-corrected chi connectivity index (χ1v) is 8.67. The molecule has 1 aliphatic heterocycles. The van der Waals surface area contributed by atoms with Gasteiger partial charge in [0.1, 0.15) is 0 Å². The zero-order valence-electron chi connectivity index (χ0n) is 13.4. The summed E-state index contributed by atoms with van der Waals surface area (Å²) in [5, 5.41) is 3.43. The molecular weight excluding hydrogens is 248 g/mol. The average Bonchev–Trinajstić information content (AvgIpc) is 2.45. The lowest BCUT2D eigenvalue weighted by Crippen LogP contribution is -2.41. The van der Waals surface area contributed by atoms with Crippen molar-refractivity contribution >= 4 is 5.91 Å². The van der Waals surface area contributed by atoms with Crippen molar-refractivity contribution in [2.45, 2.75) is 58.8 Å². The van der Waals surface area contributed by atoms with E-state index in [1.165, 1.54) is 38.5 Å². The van der Waals surface area contributed by atoms with Crippen LogP contribution in [0.4, 0.5) is 0 Å². The van der Waals surface area contributed by atoms with Crippen molar-refractivity contribution in [3.05, 3.63) is 0 Å². The van der Waals surface area contributed by atoms with Crippen molar-refractivity contribution in [3.8, 4) is 0 Å². The predicted molar refractivity (Wildman–Crippen MR) is 83.6 cm³/mol. The van der Waals surface area contributed by atoms with Gasteiger partial charge >= 0.3 is 0 Å². The van der Waals surface area contributed by atoms with Gasteiger partial charge in [0.25, 0.3) is 0 Å². The second-order valence-corrected chi connectivity index (χ2v) is 6.97. The molecule has 3 nitrogen and oxygen atoms in total. The molecule has 2 rings (SSSR count). The highest BCUT2D eigenvalue weighted by molar-refractivity contribution is 5.76. The third kappa shape index (κ3) is 4.76. The Hall–Kier alpha value is -0.570. The third-order valence-corrected chi connectivity index (χ3v) is 5.16. The summed E-state index contributed by atoms with van der Waals surface area (Å²) in [5.74, 6) is 2.68. The maximum absolute atomic E-state index is 12.4. The summed E-state index contributed by atoms with van der Waals surface area (Å²) >= 11 is 0. The van der Waals surface area contributed by atoms with Crippen LogP contribution in [0.5, 0.6) is 0 Å². The lowest BCUT2D eigenvalue weighted by Gasteiger charge is -2.34. The maximum Gasteiger partial charge on any atom is 0.222 e. The Balaban J connectivity index is 1.69. The van der Waals surface area contributed by atoms with Crippen molar-refractivity contribution in [3.63, 3.8) is 0 Å². The smallest absolute Gasteiger partial charge is 0.222 e. The fraction of sp³-hybridized carbons (Fsp3) is 0.941. The minimum atomic E-state index is 0.422. The van der Waals surface area contributed by atoms with Gasteiger partial charge in [-0.1, -0.05) is 26.7 Å². The molecule has 116 valence electrons. The van der Waals surface area contributed by atoms with Crippen molar-refractivity contribution < 1.29 is 4.79 Å². The van der Waals surface area contributed by atoms with E-state index in [-0.39, 0.29) is 0 Å². The summed E-state index contributed by atoms with van der Waals surface area (Å²) in [5.41, 5.74) is 0. The molecule has 1 N–H and O–H groups in total. The van der Waals surface area contributed by atoms with Gasteiger partial charge in [-0.2, -0.15) is 0 Å². The molecule has 0 spiro atoms. The highest BCUT2D eigenvalue weighted by Crippen LogP contribution is 2.31. The molecule has 1 amide bonds. The molecule has 2 unspecified atom stereocenters. The first-order chi connectivity index (χ1) is 9.69. The Kier molecular flexibility index (Phi) is 6.34. The predicted octanol–water partition coefficient (Wildman–Crippen LogP) is 3.05. The Morgan fingerprint density at radius 1 is 1.15 bits per heavy atom. The second-order valence-electron chi connectivity index (χ2n) is 6.97. The van der Waals surface area contributed by atoms with Gasteiger partial charge in [0, 0.05) is 19.5 Å². The molecule has 0 bridgehead atoms. The van der Waals surface area contributed by atoms with Crippen LogP contribution >= 0.6 is 0 Å². The summed E-state index contributed by atoms with van der Waals surface area (Å²) in [4.78, 5) is 14.5. The van der Waals surface area contributed by atoms with E-state index < -0.39 is 0 Å². The van der Waals surface area contributed by atoms with Crippen LogP contribution in [-0.4, -0.2) is 37.0 Å². The van der Waals surface area contributed by atoms with Crippen molar-refractivity contribution in [1.29, 1.82) is 0 Å². The lowest BCUT2D eigenvalue weighted by atomic mass is 9.80. The number of rotatable bonds is 5. The fourth-order valence-corrected chi connectivity index (χ4v) is 3.86. The van der Waals surface area contributed by atoms with E-state index in [0.29, 0.717) is 11.8 Å². The van der Waals surface area contributed by atoms with Gasteiger partial charge in [0.15, 0.2) is 0 Å². The monoisotopic (exact) mass is 280 g/mol. The van der Waals surface area contributed by atoms with Gasteiger partial charge in [-0.3, -0.25) is 4.79 Å². The highest BCUT2D eigenvalue weighted by atomic mass is 16.2. The largest absolute Gasteiger partial charge is 0.343 e.